The van der Waals surface area contributed by atoms with Gasteiger partial charge in [-0.25, -0.2) is 4.68 Å². The molecule has 0 saturated carbocycles. The van der Waals surface area contributed by atoms with Crippen molar-refractivity contribution in [2.24, 2.45) is 0 Å². The van der Waals surface area contributed by atoms with Gasteiger partial charge in [0.15, 0.2) is 0 Å². The van der Waals surface area contributed by atoms with E-state index in [0.717, 1.165) is 18.8 Å². The number of likely N-dealkylation sites (N-methyl/N-ethyl adjacent to an activating group) is 1. The standard InChI is InChI=1S/C19H36N6/c1-17(14-22(2)3)24-12-8-19(9-13-24)25-16-18(20-21-25)15-23-10-6-4-5-7-11-23/h16-17,19H,4-15H2,1-3H3/t17-/m0/s1. The second kappa shape index (κ2) is 9.10. The third-order valence-corrected chi connectivity index (χ3v) is 5.77. The summed E-state index contributed by atoms with van der Waals surface area (Å²) in [6, 6.07) is 1.15. The first-order valence-electron chi connectivity index (χ1n) is 10.1. The molecule has 0 unspecified atom stereocenters. The van der Waals surface area contributed by atoms with Crippen LogP contribution in [0.4, 0.5) is 0 Å². The Morgan fingerprint density at radius 3 is 2.40 bits per heavy atom. The molecular weight excluding hydrogens is 312 g/mol. The van der Waals surface area contributed by atoms with Gasteiger partial charge in [0, 0.05) is 32.2 Å². The third kappa shape index (κ3) is 5.50. The average Bonchev–Trinajstić information content (AvgIpc) is 2.90. The maximum absolute atomic E-state index is 4.46. The first kappa shape index (κ1) is 18.8. The number of hydrogen-bond donors (Lipinski definition) is 0. The summed E-state index contributed by atoms with van der Waals surface area (Å²) in [5.41, 5.74) is 1.14. The van der Waals surface area contributed by atoms with Crippen LogP contribution in [0, 0.1) is 0 Å². The van der Waals surface area contributed by atoms with Gasteiger partial charge in [-0.05, 0) is 59.8 Å². The molecule has 25 heavy (non-hydrogen) atoms. The van der Waals surface area contributed by atoms with E-state index in [1.807, 2.05) is 0 Å². The summed E-state index contributed by atoms with van der Waals surface area (Å²) < 4.78 is 2.14. The molecular formula is C19H36N6. The zero-order valence-electron chi connectivity index (χ0n) is 16.4. The van der Waals surface area contributed by atoms with Crippen molar-refractivity contribution in [1.29, 1.82) is 0 Å². The van der Waals surface area contributed by atoms with Crippen LogP contribution in [0.1, 0.15) is 57.2 Å². The quantitative estimate of drug-likeness (QED) is 0.788. The lowest BCUT2D eigenvalue weighted by Crippen LogP contribution is -2.44. The van der Waals surface area contributed by atoms with Gasteiger partial charge in [-0.1, -0.05) is 18.1 Å². The van der Waals surface area contributed by atoms with E-state index < -0.39 is 0 Å². The molecule has 1 aromatic rings. The Hall–Kier alpha value is -0.980. The lowest BCUT2D eigenvalue weighted by molar-refractivity contribution is 0.120. The van der Waals surface area contributed by atoms with E-state index in [2.05, 4.69) is 56.9 Å². The average molecular weight is 349 g/mol. The second-order valence-electron chi connectivity index (χ2n) is 8.26. The Bertz CT molecular complexity index is 498. The van der Waals surface area contributed by atoms with Crippen molar-refractivity contribution < 1.29 is 0 Å². The zero-order chi connectivity index (χ0) is 17.6. The number of piperidine rings is 1. The summed E-state index contributed by atoms with van der Waals surface area (Å²) in [6.45, 7) is 9.22. The van der Waals surface area contributed by atoms with E-state index in [1.54, 1.807) is 0 Å². The van der Waals surface area contributed by atoms with Crippen molar-refractivity contribution in [2.75, 3.05) is 46.8 Å². The van der Waals surface area contributed by atoms with Crippen LogP contribution in [-0.4, -0.2) is 82.6 Å². The number of aromatic nitrogens is 3. The van der Waals surface area contributed by atoms with Crippen molar-refractivity contribution >= 4 is 0 Å². The summed E-state index contributed by atoms with van der Waals surface area (Å²) in [5, 5.41) is 8.92. The molecule has 2 aliphatic rings. The zero-order valence-corrected chi connectivity index (χ0v) is 16.4. The normalized spacial score (nSPS) is 23.0. The van der Waals surface area contributed by atoms with Gasteiger partial charge in [-0.15, -0.1) is 5.10 Å². The predicted molar refractivity (Wildman–Crippen MR) is 102 cm³/mol. The van der Waals surface area contributed by atoms with Crippen LogP contribution in [0.15, 0.2) is 6.20 Å². The lowest BCUT2D eigenvalue weighted by atomic mass is 10.0. The Morgan fingerprint density at radius 2 is 1.76 bits per heavy atom. The lowest BCUT2D eigenvalue weighted by Gasteiger charge is -2.36. The topological polar surface area (TPSA) is 40.4 Å². The van der Waals surface area contributed by atoms with Gasteiger partial charge in [0.25, 0.3) is 0 Å². The highest BCUT2D eigenvalue weighted by Crippen LogP contribution is 2.23. The molecule has 3 rings (SSSR count). The van der Waals surface area contributed by atoms with Crippen LogP contribution in [0.3, 0.4) is 0 Å². The van der Waals surface area contributed by atoms with Crippen molar-refractivity contribution in [3.8, 4) is 0 Å². The van der Waals surface area contributed by atoms with Gasteiger partial charge in [-0.2, -0.15) is 0 Å². The van der Waals surface area contributed by atoms with Crippen LogP contribution in [0.5, 0.6) is 0 Å². The highest BCUT2D eigenvalue weighted by molar-refractivity contribution is 4.95. The maximum Gasteiger partial charge on any atom is 0.0967 e. The molecule has 2 saturated heterocycles. The maximum atomic E-state index is 4.46. The van der Waals surface area contributed by atoms with Gasteiger partial charge < -0.3 is 4.90 Å². The van der Waals surface area contributed by atoms with Crippen LogP contribution in [0.2, 0.25) is 0 Å². The summed E-state index contributed by atoms with van der Waals surface area (Å²) in [5.74, 6) is 0. The minimum Gasteiger partial charge on any atom is -0.308 e. The number of rotatable bonds is 6. The summed E-state index contributed by atoms with van der Waals surface area (Å²) in [4.78, 5) is 7.45. The fourth-order valence-corrected chi connectivity index (χ4v) is 4.32. The third-order valence-electron chi connectivity index (χ3n) is 5.77. The summed E-state index contributed by atoms with van der Waals surface area (Å²) in [6.07, 6.45) is 10.0. The Labute approximate surface area is 153 Å². The fourth-order valence-electron chi connectivity index (χ4n) is 4.32. The Kier molecular flexibility index (Phi) is 6.84. The first-order valence-corrected chi connectivity index (χ1v) is 10.1. The molecule has 1 aromatic heterocycles. The fraction of sp³-hybridized carbons (Fsp3) is 0.895. The van der Waals surface area contributed by atoms with E-state index in [1.165, 1.54) is 64.7 Å². The molecule has 0 radical (unpaired) electrons. The number of nitrogens with zero attached hydrogens (tertiary/aromatic N) is 6. The van der Waals surface area contributed by atoms with Gasteiger partial charge in [0.05, 0.1) is 17.9 Å². The van der Waals surface area contributed by atoms with Gasteiger partial charge in [-0.3, -0.25) is 9.80 Å². The molecule has 0 aromatic carbocycles. The SMILES string of the molecule is C[C@@H](CN(C)C)N1CCC(n2cc(CN3CCCCCC3)nn2)CC1. The molecule has 6 heteroatoms. The largest absolute Gasteiger partial charge is 0.308 e. The molecule has 1 atom stereocenters. The van der Waals surface area contributed by atoms with Crippen molar-refractivity contribution in [3.05, 3.63) is 11.9 Å². The van der Waals surface area contributed by atoms with Gasteiger partial charge in [0.1, 0.15) is 0 Å². The molecule has 0 aliphatic carbocycles. The second-order valence-corrected chi connectivity index (χ2v) is 8.26. The summed E-state index contributed by atoms with van der Waals surface area (Å²) in [7, 11) is 4.31. The van der Waals surface area contributed by atoms with Crippen molar-refractivity contribution in [1.82, 2.24) is 29.7 Å². The minimum absolute atomic E-state index is 0.521. The van der Waals surface area contributed by atoms with Crippen LogP contribution < -0.4 is 0 Å². The molecule has 0 amide bonds. The molecule has 142 valence electrons. The van der Waals surface area contributed by atoms with Gasteiger partial charge in [0.2, 0.25) is 0 Å². The molecule has 3 heterocycles. The Balaban J connectivity index is 1.48. The molecule has 6 nitrogen and oxygen atoms in total. The highest BCUT2D eigenvalue weighted by atomic mass is 15.4. The van der Waals surface area contributed by atoms with E-state index in [0.29, 0.717) is 12.1 Å². The minimum atomic E-state index is 0.521. The molecule has 2 fully saturated rings. The van der Waals surface area contributed by atoms with Gasteiger partial charge >= 0.3 is 0 Å². The van der Waals surface area contributed by atoms with E-state index in [9.17, 15) is 0 Å². The highest BCUT2D eigenvalue weighted by Gasteiger charge is 2.25. The van der Waals surface area contributed by atoms with Crippen LogP contribution in [-0.2, 0) is 6.54 Å². The smallest absolute Gasteiger partial charge is 0.0967 e. The van der Waals surface area contributed by atoms with Crippen LogP contribution in [0.25, 0.3) is 0 Å². The monoisotopic (exact) mass is 348 g/mol. The number of hydrogen-bond acceptors (Lipinski definition) is 5. The summed E-state index contributed by atoms with van der Waals surface area (Å²) >= 11 is 0. The molecule has 0 bridgehead atoms. The van der Waals surface area contributed by atoms with E-state index in [4.69, 9.17) is 0 Å². The molecule has 2 aliphatic heterocycles. The number of likely N-dealkylation sites (tertiary alicyclic amines) is 2. The van der Waals surface area contributed by atoms with E-state index >= 15 is 0 Å². The van der Waals surface area contributed by atoms with Crippen molar-refractivity contribution in [3.63, 3.8) is 0 Å². The Morgan fingerprint density at radius 1 is 1.08 bits per heavy atom. The predicted octanol–water partition coefficient (Wildman–Crippen LogP) is 2.24. The first-order chi connectivity index (χ1) is 12.1. The molecule has 0 N–H and O–H groups in total. The molecule has 0 spiro atoms. The van der Waals surface area contributed by atoms with Crippen LogP contribution >= 0.6 is 0 Å². The van der Waals surface area contributed by atoms with Crippen molar-refractivity contribution in [2.45, 2.75) is 64.1 Å². The van der Waals surface area contributed by atoms with E-state index in [-0.39, 0.29) is 0 Å².